The number of amides is 1. The number of aliphatic hydroxyl groups excluding tert-OH is 3. The van der Waals surface area contributed by atoms with Crippen molar-refractivity contribution in [3.05, 3.63) is 24.3 Å². The average Bonchev–Trinajstić information content (AvgIpc) is 3.56. The Morgan fingerprint density at radius 2 is 1.73 bits per heavy atom. The van der Waals surface area contributed by atoms with E-state index in [1.54, 1.807) is 18.5 Å². The zero-order valence-corrected chi connectivity index (χ0v) is 19.7. The lowest BCUT2D eigenvalue weighted by molar-refractivity contribution is -0.121. The van der Waals surface area contributed by atoms with Crippen molar-refractivity contribution in [1.82, 2.24) is 15.3 Å². The van der Waals surface area contributed by atoms with Crippen molar-refractivity contribution >= 4 is 5.91 Å². The van der Waals surface area contributed by atoms with Crippen molar-refractivity contribution in [2.45, 2.75) is 108 Å². The van der Waals surface area contributed by atoms with Gasteiger partial charge in [0.25, 0.3) is 0 Å². The molecule has 4 rings (SSSR count). The molecule has 1 amide bonds. The second kappa shape index (κ2) is 11.7. The van der Waals surface area contributed by atoms with Crippen LogP contribution in [0, 0.1) is 23.7 Å². The van der Waals surface area contributed by atoms with E-state index in [9.17, 15) is 20.1 Å². The van der Waals surface area contributed by atoms with Crippen LogP contribution in [0.25, 0.3) is 0 Å². The van der Waals surface area contributed by atoms with Crippen LogP contribution in [0.15, 0.2) is 18.5 Å². The molecule has 184 valence electrons. The molecule has 7 nitrogen and oxygen atoms in total. The number of nitrogens with one attached hydrogen (secondary N) is 1. The molecule has 3 fully saturated rings. The molecule has 0 aromatic carbocycles. The summed E-state index contributed by atoms with van der Waals surface area (Å²) < 4.78 is 0. The Balaban J connectivity index is 1.18. The van der Waals surface area contributed by atoms with Gasteiger partial charge in [0.2, 0.25) is 5.91 Å². The van der Waals surface area contributed by atoms with Crippen LogP contribution in [-0.2, 0) is 11.2 Å². The maximum atomic E-state index is 11.9. The molecule has 4 N–H and O–H groups in total. The molecular formula is C26H41N3O4. The molecule has 0 saturated heterocycles. The topological polar surface area (TPSA) is 116 Å². The highest BCUT2D eigenvalue weighted by atomic mass is 16.3. The standard InChI is InChI=1S/C26H41N3O4/c30-20(10-12-25-27-13-2-14-28-25)9-11-21-22(24(32)16-23(21)31)15-18-6-5-17(18)3-1-4-26(33)29-19-7-8-19/h2,13-14,17-24,30-32H,1,3-12,15-16H2,(H,29,33)/t17?,18-,20+,21+,22+,23+,24-/m0/s1. The fourth-order valence-corrected chi connectivity index (χ4v) is 5.92. The highest BCUT2D eigenvalue weighted by Crippen LogP contribution is 2.47. The fraction of sp³-hybridized carbons (Fsp3) is 0.808. The molecule has 3 aliphatic carbocycles. The van der Waals surface area contributed by atoms with Gasteiger partial charge in [-0.2, -0.15) is 0 Å². The van der Waals surface area contributed by atoms with Gasteiger partial charge in [-0.1, -0.05) is 0 Å². The first-order valence-electron chi connectivity index (χ1n) is 13.1. The van der Waals surface area contributed by atoms with E-state index >= 15 is 0 Å². The predicted octanol–water partition coefficient (Wildman–Crippen LogP) is 2.77. The van der Waals surface area contributed by atoms with Crippen LogP contribution >= 0.6 is 0 Å². The van der Waals surface area contributed by atoms with Crippen molar-refractivity contribution < 1.29 is 20.1 Å². The first kappa shape index (κ1) is 24.6. The highest BCUT2D eigenvalue weighted by molar-refractivity contribution is 5.76. The molecule has 0 radical (unpaired) electrons. The van der Waals surface area contributed by atoms with E-state index in [1.165, 1.54) is 12.8 Å². The Morgan fingerprint density at radius 1 is 1.00 bits per heavy atom. The summed E-state index contributed by atoms with van der Waals surface area (Å²) in [7, 11) is 0. The molecule has 1 aromatic rings. The van der Waals surface area contributed by atoms with Gasteiger partial charge in [-0.05, 0) is 100 Å². The fourth-order valence-electron chi connectivity index (χ4n) is 5.92. The largest absolute Gasteiger partial charge is 0.393 e. The normalized spacial score (nSPS) is 32.3. The summed E-state index contributed by atoms with van der Waals surface area (Å²) in [6.45, 7) is 0. The number of hydrogen-bond donors (Lipinski definition) is 4. The highest BCUT2D eigenvalue weighted by Gasteiger charge is 2.44. The Kier molecular flexibility index (Phi) is 8.72. The lowest BCUT2D eigenvalue weighted by Gasteiger charge is -2.40. The van der Waals surface area contributed by atoms with E-state index in [-0.39, 0.29) is 17.7 Å². The van der Waals surface area contributed by atoms with Crippen molar-refractivity contribution in [1.29, 1.82) is 0 Å². The molecule has 1 aromatic heterocycles. The van der Waals surface area contributed by atoms with Crippen LogP contribution in [0.1, 0.15) is 82.9 Å². The van der Waals surface area contributed by atoms with Crippen LogP contribution in [0.5, 0.6) is 0 Å². The van der Waals surface area contributed by atoms with Gasteiger partial charge >= 0.3 is 0 Å². The summed E-state index contributed by atoms with van der Waals surface area (Å²) in [5.74, 6) is 2.32. The van der Waals surface area contributed by atoms with Crippen LogP contribution in [0.3, 0.4) is 0 Å². The first-order valence-corrected chi connectivity index (χ1v) is 13.1. The van der Waals surface area contributed by atoms with E-state index in [1.807, 2.05) is 0 Å². The molecular weight excluding hydrogens is 418 g/mol. The van der Waals surface area contributed by atoms with Crippen molar-refractivity contribution in [2.24, 2.45) is 23.7 Å². The Hall–Kier alpha value is -1.57. The summed E-state index contributed by atoms with van der Waals surface area (Å²) in [4.78, 5) is 20.3. The molecule has 0 spiro atoms. The number of carbonyl (C=O) groups is 1. The molecule has 0 aliphatic heterocycles. The third-order valence-corrected chi connectivity index (χ3v) is 8.25. The van der Waals surface area contributed by atoms with E-state index < -0.39 is 18.3 Å². The van der Waals surface area contributed by atoms with Gasteiger partial charge in [0.15, 0.2) is 0 Å². The van der Waals surface area contributed by atoms with Gasteiger partial charge in [0.05, 0.1) is 18.3 Å². The number of aryl methyl sites for hydroxylation is 1. The number of nitrogens with zero attached hydrogens (tertiary/aromatic N) is 2. The SMILES string of the molecule is O=C(CCCC1CC[C@H]1C[C@@H]1[C@@H](CC[C@@H](O)CCc2ncccn2)[C@H](O)C[C@@H]1O)NC1CC1. The number of aromatic nitrogens is 2. The third-order valence-electron chi connectivity index (χ3n) is 8.25. The zero-order valence-electron chi connectivity index (χ0n) is 19.7. The molecule has 3 saturated carbocycles. The second-order valence-electron chi connectivity index (χ2n) is 10.7. The van der Waals surface area contributed by atoms with Crippen molar-refractivity contribution in [3.63, 3.8) is 0 Å². The molecule has 1 heterocycles. The Bertz CT molecular complexity index is 744. The van der Waals surface area contributed by atoms with E-state index in [2.05, 4.69) is 15.3 Å². The maximum Gasteiger partial charge on any atom is 0.220 e. The number of carbonyl (C=O) groups excluding carboxylic acids is 1. The monoisotopic (exact) mass is 459 g/mol. The van der Waals surface area contributed by atoms with Gasteiger partial charge in [-0.15, -0.1) is 0 Å². The molecule has 33 heavy (non-hydrogen) atoms. The van der Waals surface area contributed by atoms with Gasteiger partial charge < -0.3 is 20.6 Å². The third kappa shape index (κ3) is 7.20. The lowest BCUT2D eigenvalue weighted by Crippen LogP contribution is -2.33. The number of hydrogen-bond acceptors (Lipinski definition) is 6. The lowest BCUT2D eigenvalue weighted by atomic mass is 9.66. The van der Waals surface area contributed by atoms with Gasteiger partial charge in [-0.25, -0.2) is 9.97 Å². The predicted molar refractivity (Wildman–Crippen MR) is 125 cm³/mol. The quantitative estimate of drug-likeness (QED) is 0.361. The Morgan fingerprint density at radius 3 is 2.42 bits per heavy atom. The summed E-state index contributed by atoms with van der Waals surface area (Å²) in [5, 5.41) is 34.8. The van der Waals surface area contributed by atoms with E-state index in [0.29, 0.717) is 50.0 Å². The molecule has 0 bridgehead atoms. The van der Waals surface area contributed by atoms with E-state index in [4.69, 9.17) is 0 Å². The first-order chi connectivity index (χ1) is 16.0. The van der Waals surface area contributed by atoms with Gasteiger partial charge in [0.1, 0.15) is 5.82 Å². The Labute approximate surface area is 197 Å². The summed E-state index contributed by atoms with van der Waals surface area (Å²) in [6, 6.07) is 2.22. The smallest absolute Gasteiger partial charge is 0.220 e. The van der Waals surface area contributed by atoms with Gasteiger partial charge in [-0.3, -0.25) is 4.79 Å². The van der Waals surface area contributed by atoms with Crippen molar-refractivity contribution in [3.8, 4) is 0 Å². The molecule has 3 aliphatic rings. The zero-order chi connectivity index (χ0) is 23.2. The average molecular weight is 460 g/mol. The minimum atomic E-state index is -0.487. The summed E-state index contributed by atoms with van der Waals surface area (Å²) in [6.07, 6.45) is 13.4. The maximum absolute atomic E-state index is 11.9. The minimum Gasteiger partial charge on any atom is -0.393 e. The second-order valence-corrected chi connectivity index (χ2v) is 10.7. The molecule has 1 unspecified atom stereocenters. The van der Waals surface area contributed by atoms with Gasteiger partial charge in [0, 0.05) is 31.3 Å². The van der Waals surface area contributed by atoms with Crippen molar-refractivity contribution in [2.75, 3.05) is 0 Å². The van der Waals surface area contributed by atoms with Crippen LogP contribution in [0.4, 0.5) is 0 Å². The van der Waals surface area contributed by atoms with E-state index in [0.717, 1.165) is 44.3 Å². The number of rotatable bonds is 13. The molecule has 7 heteroatoms. The summed E-state index contributed by atoms with van der Waals surface area (Å²) in [5.41, 5.74) is 0. The molecule has 7 atom stereocenters. The summed E-state index contributed by atoms with van der Waals surface area (Å²) >= 11 is 0. The van der Waals surface area contributed by atoms with Crippen LogP contribution < -0.4 is 5.32 Å². The van der Waals surface area contributed by atoms with Crippen LogP contribution in [0.2, 0.25) is 0 Å². The number of aliphatic hydroxyl groups is 3. The minimum absolute atomic E-state index is 0.0493. The van der Waals surface area contributed by atoms with Crippen LogP contribution in [-0.4, -0.2) is 55.5 Å².